The Kier molecular flexibility index (Phi) is 4.42. The molecule has 4 rings (SSSR count). The molecule has 0 saturated carbocycles. The number of hydrogen-bond acceptors (Lipinski definition) is 4. The van der Waals surface area contributed by atoms with Gasteiger partial charge in [0.15, 0.2) is 5.69 Å². The first-order valence-corrected chi connectivity index (χ1v) is 8.97. The van der Waals surface area contributed by atoms with Crippen molar-refractivity contribution in [3.05, 3.63) is 59.5 Å². The number of nitrogens with one attached hydrogen (secondary N) is 1. The number of fused-ring (bicyclic) bond motifs is 1. The largest absolute Gasteiger partial charge is 0.330 e. The van der Waals surface area contributed by atoms with E-state index in [2.05, 4.69) is 26.1 Å². The van der Waals surface area contributed by atoms with Crippen LogP contribution in [0.5, 0.6) is 0 Å². The molecule has 1 saturated heterocycles. The van der Waals surface area contributed by atoms with Gasteiger partial charge in [0.1, 0.15) is 0 Å². The van der Waals surface area contributed by atoms with Gasteiger partial charge in [-0.25, -0.2) is 0 Å². The Morgan fingerprint density at radius 1 is 1.31 bits per heavy atom. The van der Waals surface area contributed by atoms with Gasteiger partial charge in [-0.2, -0.15) is 5.10 Å². The zero-order chi connectivity index (χ0) is 18.1. The monoisotopic (exact) mass is 349 g/mol. The van der Waals surface area contributed by atoms with Crippen molar-refractivity contribution >= 4 is 16.8 Å². The Balaban J connectivity index is 1.63. The number of pyridine rings is 1. The molecule has 1 aliphatic heterocycles. The van der Waals surface area contributed by atoms with E-state index in [1.165, 1.54) is 0 Å². The van der Waals surface area contributed by atoms with Gasteiger partial charge in [-0.05, 0) is 50.7 Å². The molecule has 2 aromatic heterocycles. The number of H-pyrrole nitrogens is 1. The molecular formula is C20H23N5O. The van der Waals surface area contributed by atoms with Crippen LogP contribution in [0, 0.1) is 0 Å². The van der Waals surface area contributed by atoms with Crippen LogP contribution in [0.3, 0.4) is 0 Å². The molecule has 1 fully saturated rings. The van der Waals surface area contributed by atoms with Gasteiger partial charge in [0.25, 0.3) is 5.91 Å². The number of hydrogen-bond donors (Lipinski definition) is 1. The van der Waals surface area contributed by atoms with Crippen molar-refractivity contribution in [1.29, 1.82) is 0 Å². The van der Waals surface area contributed by atoms with Gasteiger partial charge >= 0.3 is 0 Å². The van der Waals surface area contributed by atoms with E-state index in [0.29, 0.717) is 5.69 Å². The summed E-state index contributed by atoms with van der Waals surface area (Å²) in [5.74, 6) is -0.00378. The molecular weight excluding hydrogens is 326 g/mol. The summed E-state index contributed by atoms with van der Waals surface area (Å²) >= 11 is 0. The van der Waals surface area contributed by atoms with Crippen LogP contribution in [0.15, 0.2) is 42.6 Å². The molecule has 1 N–H and O–H groups in total. The van der Waals surface area contributed by atoms with Crippen LogP contribution < -0.4 is 0 Å². The standard InChI is InChI=1S/C20H23N5O/c1-24(2)13-15-12-14(9-10-21-15)18-8-5-11-25(18)20(26)19-16-6-3-4-7-17(16)22-23-19/h3-4,6-7,9-10,12,18H,5,8,11,13H2,1-2H3,(H,22,23)/t18-/m0/s1. The van der Waals surface area contributed by atoms with E-state index in [1.807, 2.05) is 55.5 Å². The number of para-hydroxylation sites is 1. The van der Waals surface area contributed by atoms with Crippen LogP contribution in [0.25, 0.3) is 10.9 Å². The lowest BCUT2D eigenvalue weighted by atomic mass is 10.0. The van der Waals surface area contributed by atoms with Crippen molar-refractivity contribution in [2.75, 3.05) is 20.6 Å². The second kappa shape index (κ2) is 6.88. The normalized spacial score (nSPS) is 17.3. The minimum absolute atomic E-state index is 0.00378. The molecule has 1 aromatic carbocycles. The highest BCUT2D eigenvalue weighted by molar-refractivity contribution is 6.04. The molecule has 6 nitrogen and oxygen atoms in total. The van der Waals surface area contributed by atoms with Gasteiger partial charge < -0.3 is 9.80 Å². The third-order valence-corrected chi connectivity index (χ3v) is 4.89. The summed E-state index contributed by atoms with van der Waals surface area (Å²) in [6.45, 7) is 1.55. The number of likely N-dealkylation sites (tertiary alicyclic amines) is 1. The number of benzene rings is 1. The molecule has 0 aliphatic carbocycles. The van der Waals surface area contributed by atoms with Crippen LogP contribution >= 0.6 is 0 Å². The molecule has 26 heavy (non-hydrogen) atoms. The van der Waals surface area contributed by atoms with E-state index < -0.39 is 0 Å². The molecule has 3 aromatic rings. The molecule has 0 bridgehead atoms. The second-order valence-electron chi connectivity index (χ2n) is 7.09. The highest BCUT2D eigenvalue weighted by atomic mass is 16.2. The van der Waals surface area contributed by atoms with E-state index in [-0.39, 0.29) is 11.9 Å². The van der Waals surface area contributed by atoms with E-state index >= 15 is 0 Å². The first kappa shape index (κ1) is 16.7. The lowest BCUT2D eigenvalue weighted by Gasteiger charge is -2.25. The maximum atomic E-state index is 13.2. The van der Waals surface area contributed by atoms with Crippen molar-refractivity contribution in [3.8, 4) is 0 Å². The van der Waals surface area contributed by atoms with Crippen molar-refractivity contribution in [1.82, 2.24) is 25.0 Å². The van der Waals surface area contributed by atoms with Crippen LogP contribution in [-0.4, -0.2) is 51.5 Å². The zero-order valence-electron chi connectivity index (χ0n) is 15.1. The van der Waals surface area contributed by atoms with E-state index in [9.17, 15) is 4.79 Å². The smallest absolute Gasteiger partial charge is 0.275 e. The Morgan fingerprint density at radius 2 is 2.15 bits per heavy atom. The van der Waals surface area contributed by atoms with Crippen molar-refractivity contribution in [2.45, 2.75) is 25.4 Å². The summed E-state index contributed by atoms with van der Waals surface area (Å²) in [5, 5.41) is 8.14. The van der Waals surface area contributed by atoms with E-state index in [1.54, 1.807) is 0 Å². The molecule has 1 atom stereocenters. The van der Waals surface area contributed by atoms with Crippen molar-refractivity contribution < 1.29 is 4.79 Å². The summed E-state index contributed by atoms with van der Waals surface area (Å²) in [6.07, 6.45) is 3.82. The molecule has 3 heterocycles. The number of nitrogens with zero attached hydrogens (tertiary/aromatic N) is 4. The third kappa shape index (κ3) is 3.08. The molecule has 6 heteroatoms. The average molecular weight is 349 g/mol. The van der Waals surface area contributed by atoms with E-state index in [4.69, 9.17) is 0 Å². The molecule has 0 spiro atoms. The van der Waals surface area contributed by atoms with Gasteiger partial charge in [0, 0.05) is 24.7 Å². The van der Waals surface area contributed by atoms with Crippen LogP contribution in [-0.2, 0) is 6.54 Å². The first-order chi connectivity index (χ1) is 12.6. The maximum absolute atomic E-state index is 13.2. The van der Waals surface area contributed by atoms with Crippen LogP contribution in [0.4, 0.5) is 0 Å². The van der Waals surface area contributed by atoms with Gasteiger partial charge in [-0.1, -0.05) is 18.2 Å². The molecule has 0 unspecified atom stereocenters. The Labute approximate surface area is 152 Å². The Hall–Kier alpha value is -2.73. The Morgan fingerprint density at radius 3 is 3.00 bits per heavy atom. The minimum atomic E-state index is -0.00378. The SMILES string of the molecule is CN(C)Cc1cc([C@@H]2CCCN2C(=O)c2n[nH]c3ccccc23)ccn1. The zero-order valence-corrected chi connectivity index (χ0v) is 15.1. The maximum Gasteiger partial charge on any atom is 0.275 e. The summed E-state index contributed by atoms with van der Waals surface area (Å²) in [4.78, 5) is 21.7. The molecule has 0 radical (unpaired) electrons. The van der Waals surface area contributed by atoms with Crippen LogP contribution in [0.2, 0.25) is 0 Å². The fraction of sp³-hybridized carbons (Fsp3) is 0.350. The highest BCUT2D eigenvalue weighted by Crippen LogP contribution is 2.34. The summed E-state index contributed by atoms with van der Waals surface area (Å²) in [6, 6.07) is 12.0. The summed E-state index contributed by atoms with van der Waals surface area (Å²) < 4.78 is 0. The fourth-order valence-electron chi connectivity index (χ4n) is 3.73. The minimum Gasteiger partial charge on any atom is -0.330 e. The van der Waals surface area contributed by atoms with Crippen molar-refractivity contribution in [3.63, 3.8) is 0 Å². The average Bonchev–Trinajstić information content (AvgIpc) is 3.28. The van der Waals surface area contributed by atoms with Gasteiger partial charge in [-0.3, -0.25) is 14.9 Å². The van der Waals surface area contributed by atoms with Crippen molar-refractivity contribution in [2.24, 2.45) is 0 Å². The highest BCUT2D eigenvalue weighted by Gasteiger charge is 2.32. The first-order valence-electron chi connectivity index (χ1n) is 8.97. The Bertz CT molecular complexity index is 933. The molecule has 1 amide bonds. The number of aromatic amines is 1. The predicted octanol–water partition coefficient (Wildman–Crippen LogP) is 3.00. The predicted molar refractivity (Wildman–Crippen MR) is 101 cm³/mol. The van der Waals surface area contributed by atoms with E-state index in [0.717, 1.165) is 48.1 Å². The fourth-order valence-corrected chi connectivity index (χ4v) is 3.73. The van der Waals surface area contributed by atoms with Gasteiger partial charge in [-0.15, -0.1) is 0 Å². The topological polar surface area (TPSA) is 65.1 Å². The van der Waals surface area contributed by atoms with Gasteiger partial charge in [0.05, 0.1) is 17.3 Å². The number of carbonyl (C=O) groups excluding carboxylic acids is 1. The third-order valence-electron chi connectivity index (χ3n) is 4.89. The number of rotatable bonds is 4. The van der Waals surface area contributed by atoms with Gasteiger partial charge in [0.2, 0.25) is 0 Å². The second-order valence-corrected chi connectivity index (χ2v) is 7.09. The molecule has 134 valence electrons. The lowest BCUT2D eigenvalue weighted by Crippen LogP contribution is -2.31. The van der Waals surface area contributed by atoms with Crippen LogP contribution in [0.1, 0.15) is 40.6 Å². The lowest BCUT2D eigenvalue weighted by molar-refractivity contribution is 0.0731. The number of aromatic nitrogens is 3. The number of carbonyl (C=O) groups is 1. The molecule has 1 aliphatic rings. The number of amides is 1. The summed E-state index contributed by atoms with van der Waals surface area (Å²) in [7, 11) is 4.06. The quantitative estimate of drug-likeness (QED) is 0.786. The summed E-state index contributed by atoms with van der Waals surface area (Å²) in [5.41, 5.74) is 3.58.